The van der Waals surface area contributed by atoms with Crippen LogP contribution in [0, 0.1) is 0 Å². The van der Waals surface area contributed by atoms with Crippen LogP contribution in [0.3, 0.4) is 0 Å². The maximum atomic E-state index is 11.0. The Morgan fingerprint density at radius 1 is 1.22 bits per heavy atom. The molecule has 0 rings (SSSR count). The summed E-state index contributed by atoms with van der Waals surface area (Å²) < 4.78 is 10.9. The van der Waals surface area contributed by atoms with Crippen LogP contribution in [0.15, 0.2) is 12.7 Å². The third kappa shape index (κ3) is 9.23. The van der Waals surface area contributed by atoms with Crippen LogP contribution < -0.4 is 0 Å². The summed E-state index contributed by atoms with van der Waals surface area (Å²) in [6.45, 7) is 10.1. The predicted octanol–water partition coefficient (Wildman–Crippen LogP) is 3.87. The summed E-state index contributed by atoms with van der Waals surface area (Å²) in [6, 6.07) is 0. The highest BCUT2D eigenvalue weighted by Crippen LogP contribution is 2.13. The van der Waals surface area contributed by atoms with E-state index in [2.05, 4.69) is 20.4 Å². The molecule has 0 spiro atoms. The quantitative estimate of drug-likeness (QED) is 0.320. The van der Waals surface area contributed by atoms with Gasteiger partial charge in [0.05, 0.1) is 12.7 Å². The summed E-state index contributed by atoms with van der Waals surface area (Å²) in [6.07, 6.45) is 8.26. The molecule has 3 heteroatoms. The highest BCUT2D eigenvalue weighted by Gasteiger charge is 2.12. The number of rotatable bonds is 11. The van der Waals surface area contributed by atoms with Crippen molar-refractivity contribution in [2.75, 3.05) is 6.61 Å². The lowest BCUT2D eigenvalue weighted by molar-refractivity contribution is -0.146. The van der Waals surface area contributed by atoms with E-state index in [-0.39, 0.29) is 12.1 Å². The van der Waals surface area contributed by atoms with Crippen LogP contribution in [0.5, 0.6) is 0 Å². The van der Waals surface area contributed by atoms with Crippen molar-refractivity contribution in [3.8, 4) is 0 Å². The molecular formula is C15H28O3. The molecule has 0 radical (unpaired) electrons. The molecule has 0 aliphatic heterocycles. The van der Waals surface area contributed by atoms with Gasteiger partial charge in [-0.3, -0.25) is 0 Å². The molecule has 0 aliphatic carbocycles. The first-order chi connectivity index (χ1) is 8.63. The number of ether oxygens (including phenoxy) is 2. The van der Waals surface area contributed by atoms with Crippen molar-refractivity contribution in [1.29, 1.82) is 0 Å². The molecule has 0 fully saturated rings. The maximum Gasteiger partial charge on any atom is 0.330 e. The van der Waals surface area contributed by atoms with Crippen molar-refractivity contribution in [3.63, 3.8) is 0 Å². The Hall–Kier alpha value is -0.830. The zero-order valence-corrected chi connectivity index (χ0v) is 12.1. The Balaban J connectivity index is 3.86. The first-order valence-electron chi connectivity index (χ1n) is 7.08. The summed E-state index contributed by atoms with van der Waals surface area (Å²) in [5, 5.41) is 0. The van der Waals surface area contributed by atoms with Gasteiger partial charge in [-0.05, 0) is 19.8 Å². The molecule has 3 nitrogen and oxygen atoms in total. The van der Waals surface area contributed by atoms with Crippen LogP contribution in [-0.4, -0.2) is 24.8 Å². The second-order valence-corrected chi connectivity index (χ2v) is 4.69. The lowest BCUT2D eigenvalue weighted by atomic mass is 10.1. The third-order valence-electron chi connectivity index (χ3n) is 2.79. The van der Waals surface area contributed by atoms with Gasteiger partial charge in [-0.2, -0.15) is 0 Å². The predicted molar refractivity (Wildman–Crippen MR) is 74.5 cm³/mol. The molecule has 0 bridgehead atoms. The summed E-state index contributed by atoms with van der Waals surface area (Å²) in [5.74, 6) is -0.385. The number of hydrogen-bond acceptors (Lipinski definition) is 3. The molecule has 0 heterocycles. The molecule has 0 N–H and O–H groups in total. The van der Waals surface area contributed by atoms with Crippen LogP contribution in [0.25, 0.3) is 0 Å². The summed E-state index contributed by atoms with van der Waals surface area (Å²) in [7, 11) is 0. The Kier molecular flexibility index (Phi) is 10.8. The molecule has 0 aliphatic rings. The fraction of sp³-hybridized carbons (Fsp3) is 0.800. The summed E-state index contributed by atoms with van der Waals surface area (Å²) in [4.78, 5) is 11.0. The zero-order valence-electron chi connectivity index (χ0n) is 12.1. The fourth-order valence-corrected chi connectivity index (χ4v) is 1.81. The first-order valence-corrected chi connectivity index (χ1v) is 7.08. The molecule has 0 saturated heterocycles. The molecular weight excluding hydrogens is 228 g/mol. The largest absolute Gasteiger partial charge is 0.457 e. The van der Waals surface area contributed by atoms with Gasteiger partial charge in [0.1, 0.15) is 6.10 Å². The van der Waals surface area contributed by atoms with Crippen LogP contribution >= 0.6 is 0 Å². The van der Waals surface area contributed by atoms with E-state index in [9.17, 15) is 4.79 Å². The highest BCUT2D eigenvalue weighted by atomic mass is 16.6. The topological polar surface area (TPSA) is 35.5 Å². The van der Waals surface area contributed by atoms with Crippen molar-refractivity contribution < 1.29 is 14.3 Å². The van der Waals surface area contributed by atoms with Gasteiger partial charge in [-0.25, -0.2) is 4.79 Å². The molecule has 0 aromatic carbocycles. The van der Waals surface area contributed by atoms with E-state index in [0.29, 0.717) is 12.7 Å². The molecule has 2 unspecified atom stereocenters. The normalized spacial score (nSPS) is 13.9. The van der Waals surface area contributed by atoms with Gasteiger partial charge in [-0.1, -0.05) is 46.1 Å². The van der Waals surface area contributed by atoms with Crippen LogP contribution in [0.4, 0.5) is 0 Å². The molecule has 0 amide bonds. The van der Waals surface area contributed by atoms with Crippen LogP contribution in [0.1, 0.15) is 59.3 Å². The molecule has 106 valence electrons. The summed E-state index contributed by atoms with van der Waals surface area (Å²) in [5.41, 5.74) is 0. The van der Waals surface area contributed by atoms with E-state index < -0.39 is 0 Å². The van der Waals surface area contributed by atoms with Crippen LogP contribution in [-0.2, 0) is 14.3 Å². The minimum absolute atomic E-state index is 0.207. The lowest BCUT2D eigenvalue weighted by Crippen LogP contribution is -2.23. The standard InChI is InChI=1S/C15H28O3/c1-5-8-9-11-14(10-6-2)17-12-13(4)18-15(16)7-3/h7,13-14H,3,5-6,8-12H2,1-2,4H3. The smallest absolute Gasteiger partial charge is 0.330 e. The number of carbonyl (C=O) groups is 1. The molecule has 0 aromatic rings. The molecule has 18 heavy (non-hydrogen) atoms. The number of hydrogen-bond donors (Lipinski definition) is 0. The number of carbonyl (C=O) groups excluding carboxylic acids is 1. The average Bonchev–Trinajstić information content (AvgIpc) is 2.36. The maximum absolute atomic E-state index is 11.0. The minimum atomic E-state index is -0.385. The second kappa shape index (κ2) is 11.3. The Bertz CT molecular complexity index is 226. The van der Waals surface area contributed by atoms with Gasteiger partial charge in [-0.15, -0.1) is 0 Å². The number of esters is 1. The van der Waals surface area contributed by atoms with E-state index >= 15 is 0 Å². The molecule has 0 saturated carbocycles. The van der Waals surface area contributed by atoms with E-state index in [4.69, 9.17) is 9.47 Å². The Morgan fingerprint density at radius 3 is 2.50 bits per heavy atom. The molecule has 0 aromatic heterocycles. The van der Waals surface area contributed by atoms with E-state index in [1.54, 1.807) is 0 Å². The first kappa shape index (κ1) is 17.2. The zero-order chi connectivity index (χ0) is 13.8. The van der Waals surface area contributed by atoms with Crippen LogP contribution in [0.2, 0.25) is 0 Å². The van der Waals surface area contributed by atoms with Gasteiger partial charge >= 0.3 is 5.97 Å². The van der Waals surface area contributed by atoms with E-state index in [1.807, 2.05) is 6.92 Å². The van der Waals surface area contributed by atoms with Crippen molar-refractivity contribution in [2.24, 2.45) is 0 Å². The van der Waals surface area contributed by atoms with Crippen molar-refractivity contribution in [2.45, 2.75) is 71.5 Å². The lowest BCUT2D eigenvalue weighted by Gasteiger charge is -2.20. The van der Waals surface area contributed by atoms with E-state index in [0.717, 1.165) is 19.3 Å². The number of unbranched alkanes of at least 4 members (excludes halogenated alkanes) is 2. The average molecular weight is 256 g/mol. The highest BCUT2D eigenvalue weighted by molar-refractivity contribution is 5.81. The van der Waals surface area contributed by atoms with Crippen molar-refractivity contribution in [1.82, 2.24) is 0 Å². The summed E-state index contributed by atoms with van der Waals surface area (Å²) >= 11 is 0. The third-order valence-corrected chi connectivity index (χ3v) is 2.79. The minimum Gasteiger partial charge on any atom is -0.457 e. The van der Waals surface area contributed by atoms with Crippen molar-refractivity contribution in [3.05, 3.63) is 12.7 Å². The fourth-order valence-electron chi connectivity index (χ4n) is 1.81. The molecule has 2 atom stereocenters. The van der Waals surface area contributed by atoms with Crippen molar-refractivity contribution >= 4 is 5.97 Å². The van der Waals surface area contributed by atoms with Gasteiger partial charge < -0.3 is 9.47 Å². The SMILES string of the molecule is C=CC(=O)OC(C)COC(CCC)CCCCC. The van der Waals surface area contributed by atoms with Gasteiger partial charge in [0, 0.05) is 6.08 Å². The Morgan fingerprint density at radius 2 is 1.94 bits per heavy atom. The van der Waals surface area contributed by atoms with E-state index in [1.165, 1.54) is 25.3 Å². The van der Waals surface area contributed by atoms with Gasteiger partial charge in [0.15, 0.2) is 0 Å². The van der Waals surface area contributed by atoms with Gasteiger partial charge in [0.2, 0.25) is 0 Å². The Labute approximate surface area is 112 Å². The monoisotopic (exact) mass is 256 g/mol. The van der Waals surface area contributed by atoms with Gasteiger partial charge in [0.25, 0.3) is 0 Å². The second-order valence-electron chi connectivity index (χ2n) is 4.69.